The van der Waals surface area contributed by atoms with Crippen molar-refractivity contribution in [3.05, 3.63) is 28.2 Å². The second-order valence-corrected chi connectivity index (χ2v) is 2.90. The molecule has 0 aliphatic heterocycles. The number of pyridine rings is 1. The van der Waals surface area contributed by atoms with E-state index < -0.39 is 0 Å². The third kappa shape index (κ3) is 1.42. The summed E-state index contributed by atoms with van der Waals surface area (Å²) in [7, 11) is 0. The molecule has 0 atom stereocenters. The van der Waals surface area contributed by atoms with Gasteiger partial charge in [-0.2, -0.15) is 0 Å². The van der Waals surface area contributed by atoms with Gasteiger partial charge < -0.3 is 4.98 Å². The van der Waals surface area contributed by atoms with E-state index in [2.05, 4.69) is 4.98 Å². The zero-order valence-corrected chi connectivity index (χ0v) is 6.79. The van der Waals surface area contributed by atoms with Crippen LogP contribution in [0.1, 0.15) is 5.69 Å². The summed E-state index contributed by atoms with van der Waals surface area (Å²) in [6.45, 7) is 1.87. The first kappa shape index (κ1) is 7.41. The van der Waals surface area contributed by atoms with Crippen LogP contribution in [0.25, 0.3) is 0 Å². The van der Waals surface area contributed by atoms with E-state index in [4.69, 9.17) is 0 Å². The number of rotatable bonds is 1. The van der Waals surface area contributed by atoms with Gasteiger partial charge in [0, 0.05) is 18.0 Å². The highest BCUT2D eigenvalue weighted by atomic mass is 32.2. The molecule has 1 rings (SSSR count). The summed E-state index contributed by atoms with van der Waals surface area (Å²) in [5, 5.41) is 0. The van der Waals surface area contributed by atoms with Gasteiger partial charge in [0.25, 0.3) is 0 Å². The molecule has 0 amide bonds. The van der Waals surface area contributed by atoms with Gasteiger partial charge in [-0.05, 0) is 13.2 Å². The smallest absolute Gasteiger partial charge is 0.195 e. The number of thioether (sulfide) groups is 1. The quantitative estimate of drug-likeness (QED) is 0.622. The van der Waals surface area contributed by atoms with E-state index in [9.17, 15) is 4.79 Å². The molecule has 0 spiro atoms. The molecular formula is C7H9NOS. The molecule has 3 heteroatoms. The SMILES string of the molecule is CSc1c[nH]c(C)cc1=O. The molecule has 1 N–H and O–H groups in total. The molecule has 0 aliphatic rings. The lowest BCUT2D eigenvalue weighted by atomic mass is 10.4. The maximum Gasteiger partial charge on any atom is 0.195 e. The van der Waals surface area contributed by atoms with Gasteiger partial charge in [0.1, 0.15) is 0 Å². The molecule has 0 unspecified atom stereocenters. The normalized spacial score (nSPS) is 9.80. The van der Waals surface area contributed by atoms with Crippen molar-refractivity contribution in [1.82, 2.24) is 4.98 Å². The first-order chi connectivity index (χ1) is 4.74. The van der Waals surface area contributed by atoms with Gasteiger partial charge in [-0.25, -0.2) is 0 Å². The van der Waals surface area contributed by atoms with Crippen LogP contribution in [0, 0.1) is 6.92 Å². The fourth-order valence-electron chi connectivity index (χ4n) is 0.719. The summed E-state index contributed by atoms with van der Waals surface area (Å²) in [5.41, 5.74) is 1.01. The number of aromatic nitrogens is 1. The number of H-pyrrole nitrogens is 1. The Morgan fingerprint density at radius 1 is 1.60 bits per heavy atom. The van der Waals surface area contributed by atoms with E-state index >= 15 is 0 Å². The Morgan fingerprint density at radius 2 is 2.30 bits per heavy atom. The Hall–Kier alpha value is -0.700. The summed E-state index contributed by atoms with van der Waals surface area (Å²) in [4.78, 5) is 14.8. The molecule has 0 aromatic carbocycles. The highest BCUT2D eigenvalue weighted by Gasteiger charge is 1.94. The minimum atomic E-state index is 0.101. The topological polar surface area (TPSA) is 32.9 Å². The van der Waals surface area contributed by atoms with Crippen molar-refractivity contribution < 1.29 is 0 Å². The van der Waals surface area contributed by atoms with Crippen LogP contribution in [0.5, 0.6) is 0 Å². The van der Waals surface area contributed by atoms with Crippen LogP contribution in [-0.2, 0) is 0 Å². The lowest BCUT2D eigenvalue weighted by Gasteiger charge is -1.94. The summed E-state index contributed by atoms with van der Waals surface area (Å²) >= 11 is 1.46. The minimum Gasteiger partial charge on any atom is -0.364 e. The van der Waals surface area contributed by atoms with Gasteiger partial charge in [0.15, 0.2) is 5.43 Å². The third-order valence-corrected chi connectivity index (χ3v) is 2.00. The van der Waals surface area contributed by atoms with Crippen LogP contribution in [0.3, 0.4) is 0 Å². The molecule has 0 saturated heterocycles. The number of hydrogen-bond donors (Lipinski definition) is 1. The van der Waals surface area contributed by atoms with E-state index in [1.165, 1.54) is 11.8 Å². The molecule has 1 aromatic heterocycles. The second kappa shape index (κ2) is 2.92. The standard InChI is InChI=1S/C7H9NOS/c1-5-3-6(9)7(10-2)4-8-5/h3-4H,1-2H3,(H,8,9). The van der Waals surface area contributed by atoms with E-state index in [1.807, 2.05) is 13.2 Å². The molecule has 2 nitrogen and oxygen atoms in total. The second-order valence-electron chi connectivity index (χ2n) is 2.05. The number of nitrogens with one attached hydrogen (secondary N) is 1. The Labute approximate surface area is 63.7 Å². The predicted molar refractivity (Wildman–Crippen MR) is 43.6 cm³/mol. The summed E-state index contributed by atoms with van der Waals surface area (Å²) in [6, 6.07) is 1.60. The van der Waals surface area contributed by atoms with Gasteiger partial charge in [-0.3, -0.25) is 4.79 Å². The van der Waals surface area contributed by atoms with Crippen LogP contribution in [-0.4, -0.2) is 11.2 Å². The third-order valence-electron chi connectivity index (χ3n) is 1.24. The molecule has 54 valence electrons. The van der Waals surface area contributed by atoms with Crippen molar-refractivity contribution in [2.24, 2.45) is 0 Å². The lowest BCUT2D eigenvalue weighted by molar-refractivity contribution is 1.12. The van der Waals surface area contributed by atoms with Crippen LogP contribution in [0.15, 0.2) is 22.0 Å². The van der Waals surface area contributed by atoms with Crippen LogP contribution in [0.4, 0.5) is 0 Å². The minimum absolute atomic E-state index is 0.101. The Balaban J connectivity index is 3.20. The van der Waals surface area contributed by atoms with Crippen molar-refractivity contribution in [2.45, 2.75) is 11.8 Å². The zero-order valence-electron chi connectivity index (χ0n) is 5.97. The van der Waals surface area contributed by atoms with Crippen LogP contribution in [0.2, 0.25) is 0 Å². The molecule has 0 fully saturated rings. The van der Waals surface area contributed by atoms with Gasteiger partial charge >= 0.3 is 0 Å². The molecular weight excluding hydrogens is 146 g/mol. The largest absolute Gasteiger partial charge is 0.364 e. The molecule has 0 aliphatic carbocycles. The number of aryl methyl sites for hydroxylation is 1. The van der Waals surface area contributed by atoms with Crippen LogP contribution < -0.4 is 5.43 Å². The van der Waals surface area contributed by atoms with Gasteiger partial charge in [-0.1, -0.05) is 0 Å². The first-order valence-electron chi connectivity index (χ1n) is 2.97. The summed E-state index contributed by atoms with van der Waals surface area (Å²) in [6.07, 6.45) is 3.63. The zero-order chi connectivity index (χ0) is 7.56. The Kier molecular flexibility index (Phi) is 2.17. The van der Waals surface area contributed by atoms with Crippen molar-refractivity contribution in [1.29, 1.82) is 0 Å². The Bertz CT molecular complexity index is 279. The molecule has 1 aromatic rings. The first-order valence-corrected chi connectivity index (χ1v) is 4.20. The van der Waals surface area contributed by atoms with Crippen molar-refractivity contribution >= 4 is 11.8 Å². The maximum absolute atomic E-state index is 11.0. The average Bonchev–Trinajstić information content (AvgIpc) is 1.88. The van der Waals surface area contributed by atoms with E-state index in [-0.39, 0.29) is 5.43 Å². The molecule has 1 heterocycles. The lowest BCUT2D eigenvalue weighted by Crippen LogP contribution is -2.03. The van der Waals surface area contributed by atoms with Gasteiger partial charge in [-0.15, -0.1) is 11.8 Å². The fraction of sp³-hybridized carbons (Fsp3) is 0.286. The molecule has 0 bridgehead atoms. The van der Waals surface area contributed by atoms with Crippen molar-refractivity contribution in [3.63, 3.8) is 0 Å². The molecule has 0 radical (unpaired) electrons. The highest BCUT2D eigenvalue weighted by molar-refractivity contribution is 7.98. The van der Waals surface area contributed by atoms with E-state index in [1.54, 1.807) is 12.3 Å². The van der Waals surface area contributed by atoms with E-state index in [0.717, 1.165) is 10.6 Å². The van der Waals surface area contributed by atoms with E-state index in [0.29, 0.717) is 0 Å². The number of aromatic amines is 1. The van der Waals surface area contributed by atoms with Gasteiger partial charge in [0.2, 0.25) is 0 Å². The highest BCUT2D eigenvalue weighted by Crippen LogP contribution is 2.06. The predicted octanol–water partition coefficient (Wildman–Crippen LogP) is 1.41. The molecule has 10 heavy (non-hydrogen) atoms. The maximum atomic E-state index is 11.0. The number of hydrogen-bond acceptors (Lipinski definition) is 2. The summed E-state index contributed by atoms with van der Waals surface area (Å²) in [5.74, 6) is 0. The Morgan fingerprint density at radius 3 is 2.80 bits per heavy atom. The van der Waals surface area contributed by atoms with Gasteiger partial charge in [0.05, 0.1) is 4.90 Å². The van der Waals surface area contributed by atoms with Crippen molar-refractivity contribution in [3.8, 4) is 0 Å². The fourth-order valence-corrected chi connectivity index (χ4v) is 1.16. The monoisotopic (exact) mass is 155 g/mol. The van der Waals surface area contributed by atoms with Crippen molar-refractivity contribution in [2.75, 3.05) is 6.26 Å². The summed E-state index contributed by atoms with van der Waals surface area (Å²) < 4.78 is 0. The molecule has 0 saturated carbocycles. The van der Waals surface area contributed by atoms with Crippen LogP contribution >= 0.6 is 11.8 Å². The average molecular weight is 155 g/mol.